The van der Waals surface area contributed by atoms with Crippen LogP contribution in [0.1, 0.15) is 23.2 Å². The van der Waals surface area contributed by atoms with Crippen LogP contribution in [0.5, 0.6) is 0 Å². The number of cyclic esters (lactones) is 1. The smallest absolute Gasteiger partial charge is 0.410 e. The van der Waals surface area contributed by atoms with E-state index in [0.29, 0.717) is 5.56 Å². The molecule has 0 radical (unpaired) electrons. The largest absolute Gasteiger partial charge is 0.442 e. The second kappa shape index (κ2) is 6.36. The molecule has 0 spiro atoms. The Morgan fingerprint density at radius 1 is 1.23 bits per heavy atom. The van der Waals surface area contributed by atoms with Crippen molar-refractivity contribution in [1.29, 1.82) is 0 Å². The predicted molar refractivity (Wildman–Crippen MR) is 81.1 cm³/mol. The summed E-state index contributed by atoms with van der Waals surface area (Å²) in [6, 6.07) is 7.52. The van der Waals surface area contributed by atoms with E-state index >= 15 is 0 Å². The van der Waals surface area contributed by atoms with E-state index in [4.69, 9.17) is 9.84 Å². The van der Waals surface area contributed by atoms with E-state index < -0.39 is 12.2 Å². The number of rotatable bonds is 5. The second-order valence-electron chi connectivity index (χ2n) is 5.73. The van der Waals surface area contributed by atoms with Crippen molar-refractivity contribution in [2.24, 2.45) is 0 Å². The van der Waals surface area contributed by atoms with Crippen molar-refractivity contribution in [2.75, 3.05) is 37.7 Å². The third-order valence-electron chi connectivity index (χ3n) is 4.15. The topological polar surface area (TPSA) is 70.1 Å². The number of carbonyl (C=O) groups is 2. The first-order valence-electron chi connectivity index (χ1n) is 7.62. The average molecular weight is 304 g/mol. The number of amides is 1. The fourth-order valence-electron chi connectivity index (χ4n) is 2.90. The zero-order valence-corrected chi connectivity index (χ0v) is 12.4. The van der Waals surface area contributed by atoms with Crippen LogP contribution < -0.4 is 4.90 Å². The lowest BCUT2D eigenvalue weighted by molar-refractivity contribution is 0.0910. The molecule has 6 heteroatoms. The molecule has 2 aliphatic rings. The van der Waals surface area contributed by atoms with Gasteiger partial charge in [-0.15, -0.1) is 0 Å². The van der Waals surface area contributed by atoms with Crippen LogP contribution in [0.4, 0.5) is 10.5 Å². The van der Waals surface area contributed by atoms with Crippen molar-refractivity contribution < 1.29 is 19.4 Å². The number of aliphatic hydroxyl groups excluding tert-OH is 1. The zero-order valence-electron chi connectivity index (χ0n) is 12.4. The lowest BCUT2D eigenvalue weighted by atomic mass is 10.1. The first-order chi connectivity index (χ1) is 10.7. The van der Waals surface area contributed by atoms with Crippen molar-refractivity contribution in [2.45, 2.75) is 18.9 Å². The molecule has 2 fully saturated rings. The van der Waals surface area contributed by atoms with E-state index in [9.17, 15) is 9.59 Å². The van der Waals surface area contributed by atoms with Gasteiger partial charge >= 0.3 is 6.09 Å². The van der Waals surface area contributed by atoms with Crippen molar-refractivity contribution in [3.8, 4) is 0 Å². The Labute approximate surface area is 129 Å². The summed E-state index contributed by atoms with van der Waals surface area (Å²) < 4.78 is 4.92. The highest BCUT2D eigenvalue weighted by Crippen LogP contribution is 2.21. The van der Waals surface area contributed by atoms with Crippen LogP contribution in [0.25, 0.3) is 0 Å². The van der Waals surface area contributed by atoms with Gasteiger partial charge in [-0.3, -0.25) is 9.69 Å². The number of benzene rings is 1. The van der Waals surface area contributed by atoms with Crippen LogP contribution in [-0.4, -0.2) is 60.8 Å². The van der Waals surface area contributed by atoms with Crippen LogP contribution in [0.15, 0.2) is 24.3 Å². The fourth-order valence-corrected chi connectivity index (χ4v) is 2.90. The number of hydrogen-bond acceptors (Lipinski definition) is 5. The van der Waals surface area contributed by atoms with Gasteiger partial charge in [0.1, 0.15) is 6.10 Å². The van der Waals surface area contributed by atoms with E-state index in [2.05, 4.69) is 4.90 Å². The Hall–Kier alpha value is -2.08. The van der Waals surface area contributed by atoms with E-state index in [-0.39, 0.29) is 25.5 Å². The summed E-state index contributed by atoms with van der Waals surface area (Å²) in [5, 5.41) is 8.99. The summed E-state index contributed by atoms with van der Waals surface area (Å²) in [5.74, 6) is -0.122. The Balaban J connectivity index is 1.61. The molecule has 0 saturated carbocycles. The molecule has 1 N–H and O–H groups in total. The summed E-state index contributed by atoms with van der Waals surface area (Å²) >= 11 is 0. The molecule has 1 unspecified atom stereocenters. The van der Waals surface area contributed by atoms with Gasteiger partial charge in [-0.2, -0.15) is 0 Å². The van der Waals surface area contributed by atoms with E-state index in [1.165, 1.54) is 17.7 Å². The number of ether oxygens (including phenoxy) is 1. The maximum Gasteiger partial charge on any atom is 0.410 e. The summed E-state index contributed by atoms with van der Waals surface area (Å²) in [6.45, 7) is 2.15. The molecule has 6 nitrogen and oxygen atoms in total. The van der Waals surface area contributed by atoms with Crippen LogP contribution in [0, 0.1) is 0 Å². The Morgan fingerprint density at radius 2 is 1.91 bits per heavy atom. The van der Waals surface area contributed by atoms with Crippen LogP contribution in [0.3, 0.4) is 0 Å². The van der Waals surface area contributed by atoms with Gasteiger partial charge < -0.3 is 14.7 Å². The number of carbonyl (C=O) groups excluding carboxylic acids is 2. The standard InChI is InChI=1S/C16H20N2O4/c19-11-14-9-18(16(21)22-14)10-15(20)12-3-5-13(6-4-12)17-7-1-2-8-17/h3-6,14,19H,1-2,7-11H2. The van der Waals surface area contributed by atoms with Crippen molar-refractivity contribution in [3.05, 3.63) is 29.8 Å². The van der Waals surface area contributed by atoms with Crippen molar-refractivity contribution in [3.63, 3.8) is 0 Å². The highest BCUT2D eigenvalue weighted by atomic mass is 16.6. The Morgan fingerprint density at radius 3 is 2.50 bits per heavy atom. The summed E-state index contributed by atoms with van der Waals surface area (Å²) in [4.78, 5) is 27.5. The minimum atomic E-state index is -0.541. The van der Waals surface area contributed by atoms with Gasteiger partial charge in [-0.1, -0.05) is 0 Å². The normalized spacial score (nSPS) is 21.3. The number of aliphatic hydroxyl groups is 1. The minimum Gasteiger partial charge on any atom is -0.442 e. The predicted octanol–water partition coefficient (Wildman–Crippen LogP) is 1.28. The lowest BCUT2D eigenvalue weighted by Gasteiger charge is -2.18. The quantitative estimate of drug-likeness (QED) is 0.830. The number of nitrogens with zero attached hydrogens (tertiary/aromatic N) is 2. The Kier molecular flexibility index (Phi) is 4.29. The highest BCUT2D eigenvalue weighted by molar-refractivity contribution is 5.99. The summed E-state index contributed by atoms with van der Waals surface area (Å²) in [7, 11) is 0. The first-order valence-corrected chi connectivity index (χ1v) is 7.62. The summed E-state index contributed by atoms with van der Waals surface area (Å²) in [6.07, 6.45) is 1.35. The number of hydrogen-bond donors (Lipinski definition) is 1. The molecule has 2 aliphatic heterocycles. The molecular weight excluding hydrogens is 284 g/mol. The van der Waals surface area contributed by atoms with E-state index in [0.717, 1.165) is 18.8 Å². The highest BCUT2D eigenvalue weighted by Gasteiger charge is 2.32. The molecule has 1 atom stereocenters. The number of anilines is 1. The van der Waals surface area contributed by atoms with Crippen molar-refractivity contribution in [1.82, 2.24) is 4.90 Å². The molecule has 22 heavy (non-hydrogen) atoms. The molecule has 0 aromatic heterocycles. The van der Waals surface area contributed by atoms with E-state index in [1.54, 1.807) is 12.1 Å². The van der Waals surface area contributed by atoms with Gasteiger partial charge in [0.05, 0.1) is 19.7 Å². The SMILES string of the molecule is O=C(CN1CC(CO)OC1=O)c1ccc(N2CCCC2)cc1. The van der Waals surface area contributed by atoms with Gasteiger partial charge in [0.2, 0.25) is 0 Å². The van der Waals surface area contributed by atoms with Gasteiger partial charge in [0, 0.05) is 24.3 Å². The molecule has 2 heterocycles. The third-order valence-corrected chi connectivity index (χ3v) is 4.15. The van der Waals surface area contributed by atoms with Crippen LogP contribution in [-0.2, 0) is 4.74 Å². The fraction of sp³-hybridized carbons (Fsp3) is 0.500. The lowest BCUT2D eigenvalue weighted by Crippen LogP contribution is -2.31. The van der Waals surface area contributed by atoms with Gasteiger partial charge in [-0.05, 0) is 37.1 Å². The third kappa shape index (κ3) is 3.06. The minimum absolute atomic E-state index is 0.0155. The molecule has 1 aromatic carbocycles. The Bertz CT molecular complexity index is 552. The zero-order chi connectivity index (χ0) is 15.5. The second-order valence-corrected chi connectivity index (χ2v) is 5.73. The van der Waals surface area contributed by atoms with E-state index in [1.807, 2.05) is 12.1 Å². The molecule has 2 saturated heterocycles. The monoisotopic (exact) mass is 304 g/mol. The maximum absolute atomic E-state index is 12.2. The molecule has 0 aliphatic carbocycles. The van der Waals surface area contributed by atoms with Crippen molar-refractivity contribution >= 4 is 17.6 Å². The molecular formula is C16H20N2O4. The molecule has 118 valence electrons. The van der Waals surface area contributed by atoms with Crippen LogP contribution in [0.2, 0.25) is 0 Å². The molecule has 0 bridgehead atoms. The maximum atomic E-state index is 12.2. The summed E-state index contributed by atoms with van der Waals surface area (Å²) in [5.41, 5.74) is 1.72. The average Bonchev–Trinajstić information content (AvgIpc) is 3.18. The molecule has 3 rings (SSSR count). The van der Waals surface area contributed by atoms with Gasteiger partial charge in [0.25, 0.3) is 0 Å². The molecule has 1 aromatic rings. The van der Waals surface area contributed by atoms with Crippen LogP contribution >= 0.6 is 0 Å². The number of ketones is 1. The number of Topliss-reactive ketones (excluding diaryl/α,β-unsaturated/α-hetero) is 1. The van der Waals surface area contributed by atoms with Gasteiger partial charge in [-0.25, -0.2) is 4.79 Å². The molecule has 1 amide bonds. The first kappa shape index (κ1) is 14.8. The van der Waals surface area contributed by atoms with Gasteiger partial charge in [0.15, 0.2) is 5.78 Å².